The molecule has 0 unspecified atom stereocenters. The van der Waals surface area contributed by atoms with Crippen molar-refractivity contribution in [2.75, 3.05) is 0 Å². The van der Waals surface area contributed by atoms with Crippen LogP contribution in [0.2, 0.25) is 5.02 Å². The zero-order valence-corrected chi connectivity index (χ0v) is 15.7. The van der Waals surface area contributed by atoms with Gasteiger partial charge in [-0.25, -0.2) is 4.52 Å². The van der Waals surface area contributed by atoms with Gasteiger partial charge in [-0.3, -0.25) is 9.59 Å². The maximum atomic E-state index is 12.9. The van der Waals surface area contributed by atoms with E-state index in [0.717, 1.165) is 48.9 Å². The zero-order chi connectivity index (χ0) is 18.8. The van der Waals surface area contributed by atoms with Gasteiger partial charge in [-0.1, -0.05) is 36.2 Å². The summed E-state index contributed by atoms with van der Waals surface area (Å²) < 4.78 is 3.11. The highest BCUT2D eigenvalue weighted by Crippen LogP contribution is 2.22. The lowest BCUT2D eigenvalue weighted by Crippen LogP contribution is -2.32. The van der Waals surface area contributed by atoms with E-state index in [1.54, 1.807) is 23.0 Å². The lowest BCUT2D eigenvalue weighted by molar-refractivity contribution is -0.121. The van der Waals surface area contributed by atoms with E-state index in [2.05, 4.69) is 10.4 Å². The van der Waals surface area contributed by atoms with E-state index >= 15 is 0 Å². The molecule has 140 valence electrons. The van der Waals surface area contributed by atoms with Gasteiger partial charge in [0.1, 0.15) is 12.1 Å². The van der Waals surface area contributed by atoms with Gasteiger partial charge < -0.3 is 9.88 Å². The summed E-state index contributed by atoms with van der Waals surface area (Å²) in [6.45, 7) is 0.303. The van der Waals surface area contributed by atoms with E-state index in [4.69, 9.17) is 11.6 Å². The first-order valence-corrected chi connectivity index (χ1v) is 9.61. The molecule has 0 saturated heterocycles. The van der Waals surface area contributed by atoms with Gasteiger partial charge in [0.25, 0.3) is 5.56 Å². The molecule has 0 radical (unpaired) electrons. The van der Waals surface area contributed by atoms with Crippen LogP contribution < -0.4 is 10.9 Å². The van der Waals surface area contributed by atoms with Crippen molar-refractivity contribution in [1.29, 1.82) is 0 Å². The Hall–Kier alpha value is -2.60. The van der Waals surface area contributed by atoms with Gasteiger partial charge >= 0.3 is 0 Å². The van der Waals surface area contributed by atoms with E-state index in [1.807, 2.05) is 18.2 Å². The smallest absolute Gasteiger partial charge is 0.277 e. The largest absolute Gasteiger partial charge is 0.350 e. The molecular formula is C20H21ClN4O2. The second-order valence-electron chi connectivity index (χ2n) is 6.88. The highest BCUT2D eigenvalue weighted by atomic mass is 35.5. The van der Waals surface area contributed by atoms with Crippen molar-refractivity contribution in [3.8, 4) is 0 Å². The van der Waals surface area contributed by atoms with Crippen LogP contribution in [0.1, 0.15) is 36.1 Å². The van der Waals surface area contributed by atoms with Crippen molar-refractivity contribution in [3.05, 3.63) is 68.9 Å². The number of hydrogen-bond donors (Lipinski definition) is 1. The van der Waals surface area contributed by atoms with Crippen LogP contribution in [-0.2, 0) is 30.7 Å². The molecule has 1 aromatic carbocycles. The number of rotatable bonds is 4. The normalized spacial score (nSPS) is 14.0. The van der Waals surface area contributed by atoms with Crippen LogP contribution in [0.3, 0.4) is 0 Å². The van der Waals surface area contributed by atoms with Gasteiger partial charge in [-0.05, 0) is 37.3 Å². The van der Waals surface area contributed by atoms with Gasteiger partial charge in [-0.2, -0.15) is 5.10 Å². The lowest BCUT2D eigenvalue weighted by Gasteiger charge is -2.09. The molecule has 27 heavy (non-hydrogen) atoms. The van der Waals surface area contributed by atoms with Crippen LogP contribution in [-0.4, -0.2) is 20.1 Å². The standard InChI is InChI=1S/C20H21ClN4O2/c21-16-8-5-4-6-14(16)12-22-18(26)13-24-10-11-25-19(20(24)27)15-7-2-1-3-9-17(15)23-25/h4-6,8,10-11H,1-3,7,9,12-13H2,(H,22,26). The number of halogens is 1. The second-order valence-corrected chi connectivity index (χ2v) is 7.29. The molecule has 7 heteroatoms. The number of hydrogen-bond acceptors (Lipinski definition) is 3. The van der Waals surface area contributed by atoms with Crippen molar-refractivity contribution in [2.45, 2.75) is 45.2 Å². The minimum absolute atomic E-state index is 0.0280. The van der Waals surface area contributed by atoms with E-state index in [-0.39, 0.29) is 18.0 Å². The summed E-state index contributed by atoms with van der Waals surface area (Å²) in [5.41, 5.74) is 3.35. The van der Waals surface area contributed by atoms with E-state index in [1.165, 1.54) is 4.57 Å². The van der Waals surface area contributed by atoms with Crippen molar-refractivity contribution >= 4 is 23.0 Å². The molecule has 2 aromatic heterocycles. The molecular weight excluding hydrogens is 364 g/mol. The Bertz CT molecular complexity index is 1050. The third kappa shape index (κ3) is 3.62. The van der Waals surface area contributed by atoms with Crippen LogP contribution in [0.25, 0.3) is 5.52 Å². The molecule has 2 heterocycles. The van der Waals surface area contributed by atoms with Gasteiger partial charge in [0.2, 0.25) is 5.91 Å². The first-order chi connectivity index (χ1) is 13.1. The summed E-state index contributed by atoms with van der Waals surface area (Å²) in [6.07, 6.45) is 8.50. The molecule has 1 amide bonds. The molecule has 0 spiro atoms. The summed E-state index contributed by atoms with van der Waals surface area (Å²) in [5.74, 6) is -0.230. The molecule has 1 aliphatic carbocycles. The molecule has 0 fully saturated rings. The number of benzene rings is 1. The fourth-order valence-corrected chi connectivity index (χ4v) is 3.81. The fourth-order valence-electron chi connectivity index (χ4n) is 3.60. The molecule has 4 rings (SSSR count). The van der Waals surface area contributed by atoms with Gasteiger partial charge in [0.05, 0.1) is 5.69 Å². The molecule has 1 aliphatic rings. The van der Waals surface area contributed by atoms with Crippen molar-refractivity contribution in [1.82, 2.24) is 19.5 Å². The Morgan fingerprint density at radius 1 is 1.15 bits per heavy atom. The first kappa shape index (κ1) is 17.8. The monoisotopic (exact) mass is 384 g/mol. The average Bonchev–Trinajstić information content (AvgIpc) is 2.86. The number of aryl methyl sites for hydroxylation is 2. The first-order valence-electron chi connectivity index (χ1n) is 9.23. The fraction of sp³-hybridized carbons (Fsp3) is 0.350. The summed E-state index contributed by atoms with van der Waals surface area (Å²) in [7, 11) is 0. The number of carbonyl (C=O) groups excluding carboxylic acids is 1. The number of carbonyl (C=O) groups is 1. The van der Waals surface area contributed by atoms with Crippen LogP contribution in [0, 0.1) is 0 Å². The SMILES string of the molecule is O=C(Cn1ccn2nc3c(c2c1=O)CCCCC3)NCc1ccccc1Cl. The van der Waals surface area contributed by atoms with Gasteiger partial charge in [0.15, 0.2) is 0 Å². The Kier molecular flexibility index (Phi) is 4.99. The Balaban J connectivity index is 1.54. The Labute approximate surface area is 161 Å². The summed E-state index contributed by atoms with van der Waals surface area (Å²) >= 11 is 6.11. The van der Waals surface area contributed by atoms with E-state index < -0.39 is 0 Å². The van der Waals surface area contributed by atoms with Crippen LogP contribution in [0.5, 0.6) is 0 Å². The summed E-state index contributed by atoms with van der Waals surface area (Å²) in [6, 6.07) is 7.36. The van der Waals surface area contributed by atoms with E-state index in [9.17, 15) is 9.59 Å². The Morgan fingerprint density at radius 2 is 1.96 bits per heavy atom. The van der Waals surface area contributed by atoms with Crippen LogP contribution >= 0.6 is 11.6 Å². The van der Waals surface area contributed by atoms with Gasteiger partial charge in [-0.15, -0.1) is 0 Å². The number of aromatic nitrogens is 3. The minimum Gasteiger partial charge on any atom is -0.350 e. The topological polar surface area (TPSA) is 68.4 Å². The molecule has 0 saturated carbocycles. The van der Waals surface area contributed by atoms with Crippen molar-refractivity contribution in [2.24, 2.45) is 0 Å². The highest BCUT2D eigenvalue weighted by molar-refractivity contribution is 6.31. The molecule has 6 nitrogen and oxygen atoms in total. The zero-order valence-electron chi connectivity index (χ0n) is 14.9. The maximum Gasteiger partial charge on any atom is 0.277 e. The van der Waals surface area contributed by atoms with Crippen LogP contribution in [0.4, 0.5) is 0 Å². The summed E-state index contributed by atoms with van der Waals surface area (Å²) in [4.78, 5) is 25.3. The lowest BCUT2D eigenvalue weighted by atomic mass is 10.1. The second kappa shape index (κ2) is 7.56. The molecule has 0 aliphatic heterocycles. The predicted octanol–water partition coefficient (Wildman–Crippen LogP) is 2.73. The quantitative estimate of drug-likeness (QED) is 0.703. The van der Waals surface area contributed by atoms with Crippen molar-refractivity contribution in [3.63, 3.8) is 0 Å². The third-order valence-electron chi connectivity index (χ3n) is 5.03. The Morgan fingerprint density at radius 3 is 2.81 bits per heavy atom. The molecule has 0 atom stereocenters. The summed E-state index contributed by atoms with van der Waals surface area (Å²) in [5, 5.41) is 8.00. The number of fused-ring (bicyclic) bond motifs is 3. The third-order valence-corrected chi connectivity index (χ3v) is 5.40. The molecule has 3 aromatic rings. The number of nitrogens with one attached hydrogen (secondary N) is 1. The minimum atomic E-state index is -0.230. The van der Waals surface area contributed by atoms with E-state index in [0.29, 0.717) is 17.1 Å². The predicted molar refractivity (Wildman–Crippen MR) is 104 cm³/mol. The number of nitrogens with zero attached hydrogens (tertiary/aromatic N) is 3. The number of amides is 1. The van der Waals surface area contributed by atoms with Gasteiger partial charge in [0, 0.05) is 29.5 Å². The van der Waals surface area contributed by atoms with Crippen molar-refractivity contribution < 1.29 is 4.79 Å². The highest BCUT2D eigenvalue weighted by Gasteiger charge is 2.19. The van der Waals surface area contributed by atoms with Crippen LogP contribution in [0.15, 0.2) is 41.5 Å². The molecule has 1 N–H and O–H groups in total. The average molecular weight is 385 g/mol. The maximum absolute atomic E-state index is 12.9. The molecule has 0 bridgehead atoms.